The zero-order chi connectivity index (χ0) is 21.8. The van der Waals surface area contributed by atoms with Gasteiger partial charge in [0.1, 0.15) is 5.75 Å². The van der Waals surface area contributed by atoms with Crippen molar-refractivity contribution >= 4 is 18.3 Å². The van der Waals surface area contributed by atoms with Crippen molar-refractivity contribution in [2.24, 2.45) is 0 Å². The molecule has 1 amide bonds. The van der Waals surface area contributed by atoms with Crippen LogP contribution in [0.3, 0.4) is 0 Å². The van der Waals surface area contributed by atoms with Crippen molar-refractivity contribution in [3.63, 3.8) is 0 Å². The maximum Gasteiger partial charge on any atom is 0.573 e. The van der Waals surface area contributed by atoms with Gasteiger partial charge in [0.2, 0.25) is 0 Å². The Balaban J connectivity index is 0.00000289. The van der Waals surface area contributed by atoms with Crippen molar-refractivity contribution in [2.75, 3.05) is 6.54 Å². The average Bonchev–Trinajstić information content (AvgIpc) is 2.76. The van der Waals surface area contributed by atoms with Crippen molar-refractivity contribution in [3.8, 4) is 5.75 Å². The van der Waals surface area contributed by atoms with E-state index in [4.69, 9.17) is 0 Å². The molecule has 0 saturated carbocycles. The molecule has 2 aliphatic heterocycles. The number of fused-ring (bicyclic) bond motifs is 1. The van der Waals surface area contributed by atoms with Gasteiger partial charge in [-0.15, -0.1) is 25.6 Å². The fourth-order valence-corrected chi connectivity index (χ4v) is 4.98. The molecule has 0 aromatic heterocycles. The molecule has 0 spiro atoms. The number of amides is 1. The minimum atomic E-state index is -4.80. The number of rotatable bonds is 5. The highest BCUT2D eigenvalue weighted by Crippen LogP contribution is 2.36. The van der Waals surface area contributed by atoms with Gasteiger partial charge in [-0.05, 0) is 56.0 Å². The quantitative estimate of drug-likeness (QED) is 0.595. The van der Waals surface area contributed by atoms with Crippen LogP contribution in [0.1, 0.15) is 60.5 Å². The third-order valence-corrected chi connectivity index (χ3v) is 6.30. The Kier molecular flexibility index (Phi) is 8.06. The third kappa shape index (κ3) is 5.95. The lowest BCUT2D eigenvalue weighted by Gasteiger charge is -2.48. The van der Waals surface area contributed by atoms with Crippen LogP contribution in [-0.2, 0) is 0 Å². The number of carbonyl (C=O) groups excluding carboxylic acids is 1. The number of alkyl halides is 3. The molecule has 3 unspecified atom stereocenters. The van der Waals surface area contributed by atoms with E-state index in [9.17, 15) is 18.0 Å². The Hall–Kier alpha value is -2.25. The summed E-state index contributed by atoms with van der Waals surface area (Å²) in [5.41, 5.74) is 1.16. The van der Waals surface area contributed by atoms with E-state index < -0.39 is 18.0 Å². The summed E-state index contributed by atoms with van der Waals surface area (Å²) in [7, 11) is 0. The minimum Gasteiger partial charge on any atom is -0.406 e. The second-order valence-electron chi connectivity index (χ2n) is 8.32. The van der Waals surface area contributed by atoms with Crippen molar-refractivity contribution in [1.82, 2.24) is 10.2 Å². The van der Waals surface area contributed by atoms with Crippen LogP contribution in [0, 0.1) is 0 Å². The van der Waals surface area contributed by atoms with Crippen molar-refractivity contribution in [2.45, 2.75) is 63.0 Å². The summed E-state index contributed by atoms with van der Waals surface area (Å²) in [6.45, 7) is 1.02. The number of hydrogen-bond donors (Lipinski definition) is 1. The summed E-state index contributed by atoms with van der Waals surface area (Å²) in [6.07, 6.45) is 2.05. The maximum absolute atomic E-state index is 13.1. The fraction of sp³-hybridized carbons (Fsp3) is 0.458. The van der Waals surface area contributed by atoms with Gasteiger partial charge in [0.25, 0.3) is 5.91 Å². The van der Waals surface area contributed by atoms with Crippen LogP contribution >= 0.6 is 12.4 Å². The van der Waals surface area contributed by atoms with E-state index in [0.717, 1.165) is 37.4 Å². The smallest absolute Gasteiger partial charge is 0.406 e. The van der Waals surface area contributed by atoms with Crippen LogP contribution < -0.4 is 10.1 Å². The Morgan fingerprint density at radius 3 is 2.50 bits per heavy atom. The predicted molar refractivity (Wildman–Crippen MR) is 119 cm³/mol. The minimum absolute atomic E-state index is 0. The van der Waals surface area contributed by atoms with E-state index >= 15 is 0 Å². The highest BCUT2D eigenvalue weighted by atomic mass is 35.5. The number of ether oxygens (including phenoxy) is 1. The van der Waals surface area contributed by atoms with E-state index in [1.807, 2.05) is 30.3 Å². The largest absolute Gasteiger partial charge is 0.573 e. The van der Waals surface area contributed by atoms with Gasteiger partial charge >= 0.3 is 6.36 Å². The summed E-state index contributed by atoms with van der Waals surface area (Å²) in [4.78, 5) is 15.6. The van der Waals surface area contributed by atoms with Gasteiger partial charge in [0.05, 0.1) is 6.04 Å². The number of hydrogen-bond acceptors (Lipinski definition) is 3. The van der Waals surface area contributed by atoms with Gasteiger partial charge in [0, 0.05) is 17.6 Å². The molecule has 0 aliphatic carbocycles. The van der Waals surface area contributed by atoms with Gasteiger partial charge in [-0.25, -0.2) is 0 Å². The number of carbonyl (C=O) groups is 1. The van der Waals surface area contributed by atoms with Crippen LogP contribution in [0.25, 0.3) is 0 Å². The van der Waals surface area contributed by atoms with Gasteiger partial charge in [0.15, 0.2) is 0 Å². The predicted octanol–water partition coefficient (Wildman–Crippen LogP) is 5.89. The Bertz CT molecular complexity index is 892. The number of nitrogens with zero attached hydrogens (tertiary/aromatic N) is 1. The summed E-state index contributed by atoms with van der Waals surface area (Å²) < 4.78 is 41.7. The summed E-state index contributed by atoms with van der Waals surface area (Å²) in [6, 6.07) is 15.5. The SMILES string of the molecule is Cl.O=C(NC(c1ccccc1)C1CCCC2CCCCN21)c1cccc(OC(F)(F)F)c1. The molecule has 174 valence electrons. The molecule has 2 aromatic carbocycles. The zero-order valence-electron chi connectivity index (χ0n) is 17.7. The van der Waals surface area contributed by atoms with Crippen molar-refractivity contribution in [1.29, 1.82) is 0 Å². The van der Waals surface area contributed by atoms with Gasteiger partial charge < -0.3 is 10.1 Å². The van der Waals surface area contributed by atoms with E-state index in [1.54, 1.807) is 0 Å². The lowest BCUT2D eigenvalue weighted by atomic mass is 9.84. The first-order valence-electron chi connectivity index (χ1n) is 10.9. The van der Waals surface area contributed by atoms with Crippen LogP contribution in [0.15, 0.2) is 54.6 Å². The molecule has 4 rings (SSSR count). The van der Waals surface area contributed by atoms with Crippen LogP contribution in [0.4, 0.5) is 13.2 Å². The molecule has 2 heterocycles. The Labute approximate surface area is 192 Å². The van der Waals surface area contributed by atoms with E-state index in [0.29, 0.717) is 6.04 Å². The highest BCUT2D eigenvalue weighted by molar-refractivity contribution is 5.94. The molecule has 2 saturated heterocycles. The molecule has 2 aliphatic rings. The molecule has 2 aromatic rings. The van der Waals surface area contributed by atoms with Gasteiger partial charge in [-0.1, -0.05) is 49.2 Å². The molecule has 1 N–H and O–H groups in total. The maximum atomic E-state index is 13.1. The van der Waals surface area contributed by atoms with Crippen LogP contribution in [0.2, 0.25) is 0 Å². The Morgan fingerprint density at radius 1 is 1.00 bits per heavy atom. The second kappa shape index (κ2) is 10.6. The first-order chi connectivity index (χ1) is 14.9. The normalized spacial score (nSPS) is 22.2. The zero-order valence-corrected chi connectivity index (χ0v) is 18.5. The van der Waals surface area contributed by atoms with Crippen LogP contribution in [0.5, 0.6) is 5.75 Å². The molecule has 4 nitrogen and oxygen atoms in total. The first-order valence-corrected chi connectivity index (χ1v) is 10.9. The molecule has 8 heteroatoms. The topological polar surface area (TPSA) is 41.6 Å². The first kappa shape index (κ1) is 24.4. The van der Waals surface area contributed by atoms with E-state index in [-0.39, 0.29) is 30.1 Å². The van der Waals surface area contributed by atoms with Gasteiger partial charge in [-0.3, -0.25) is 9.69 Å². The summed E-state index contributed by atoms with van der Waals surface area (Å²) in [5, 5.41) is 3.13. The lowest BCUT2D eigenvalue weighted by Crippen LogP contribution is -2.54. The molecule has 2 fully saturated rings. The summed E-state index contributed by atoms with van der Waals surface area (Å²) >= 11 is 0. The number of nitrogens with one attached hydrogen (secondary N) is 1. The second-order valence-corrected chi connectivity index (χ2v) is 8.32. The Morgan fingerprint density at radius 2 is 1.75 bits per heavy atom. The fourth-order valence-electron chi connectivity index (χ4n) is 4.98. The number of halogens is 4. The molecule has 0 radical (unpaired) electrons. The molecule has 32 heavy (non-hydrogen) atoms. The average molecular weight is 469 g/mol. The van der Waals surface area contributed by atoms with Crippen molar-refractivity contribution < 1.29 is 22.7 Å². The van der Waals surface area contributed by atoms with E-state index in [1.165, 1.54) is 37.5 Å². The highest BCUT2D eigenvalue weighted by Gasteiger charge is 2.38. The molecule has 0 bridgehead atoms. The third-order valence-electron chi connectivity index (χ3n) is 6.30. The van der Waals surface area contributed by atoms with E-state index in [2.05, 4.69) is 15.0 Å². The number of piperidine rings is 2. The van der Waals surface area contributed by atoms with Gasteiger partial charge in [-0.2, -0.15) is 0 Å². The van der Waals surface area contributed by atoms with Crippen molar-refractivity contribution in [3.05, 3.63) is 65.7 Å². The monoisotopic (exact) mass is 468 g/mol. The summed E-state index contributed by atoms with van der Waals surface area (Å²) in [5.74, 6) is -0.800. The molecular formula is C24H28ClF3N2O2. The number of benzene rings is 2. The lowest BCUT2D eigenvalue weighted by molar-refractivity contribution is -0.274. The molecular weight excluding hydrogens is 441 g/mol. The van der Waals surface area contributed by atoms with Crippen LogP contribution in [-0.4, -0.2) is 35.8 Å². The molecule has 3 atom stereocenters. The standard InChI is InChI=1S/C24H27F3N2O2.ClH/c25-24(26,27)31-20-13-6-10-18(16-20)23(30)28-22(17-8-2-1-3-9-17)21-14-7-12-19-11-4-5-15-29(19)21;/h1-3,6,8-10,13,16,19,21-22H,4-5,7,11-12,14-15H2,(H,28,30);1H.